The van der Waals surface area contributed by atoms with E-state index < -0.39 is 11.4 Å². The first-order valence-electron chi connectivity index (χ1n) is 16.6. The first-order valence-corrected chi connectivity index (χ1v) is 17.7. The van der Waals surface area contributed by atoms with E-state index in [2.05, 4.69) is 42.7 Å². The van der Waals surface area contributed by atoms with Gasteiger partial charge in [0.1, 0.15) is 17.5 Å². The molecule has 2 saturated heterocycles. The highest BCUT2D eigenvalue weighted by molar-refractivity contribution is 9.09. The normalized spacial score (nSPS) is 19.2. The Labute approximate surface area is 283 Å². The van der Waals surface area contributed by atoms with E-state index in [1.165, 1.54) is 32.6 Å². The second kappa shape index (κ2) is 16.7. The Morgan fingerprint density at radius 1 is 0.809 bits per heavy atom. The lowest BCUT2D eigenvalue weighted by Gasteiger charge is -2.42. The summed E-state index contributed by atoms with van der Waals surface area (Å²) < 4.78 is 19.6. The van der Waals surface area contributed by atoms with Gasteiger partial charge in [-0.1, -0.05) is 34.1 Å². The van der Waals surface area contributed by atoms with Crippen molar-refractivity contribution in [3.05, 3.63) is 89.2 Å². The van der Waals surface area contributed by atoms with E-state index in [1.807, 2.05) is 26.0 Å². The lowest BCUT2D eigenvalue weighted by molar-refractivity contribution is 0.0654. The predicted molar refractivity (Wildman–Crippen MR) is 184 cm³/mol. The van der Waals surface area contributed by atoms with Gasteiger partial charge in [0.15, 0.2) is 0 Å². The number of alkyl halides is 1. The van der Waals surface area contributed by atoms with E-state index in [4.69, 9.17) is 0 Å². The minimum Gasteiger partial charge on any atom is -0.299 e. The highest BCUT2D eigenvalue weighted by Gasteiger charge is 2.41. The Kier molecular flexibility index (Phi) is 13.0. The van der Waals surface area contributed by atoms with Gasteiger partial charge in [-0.3, -0.25) is 18.9 Å². The van der Waals surface area contributed by atoms with Gasteiger partial charge in [-0.2, -0.15) is 9.97 Å². The first kappa shape index (κ1) is 36.6. The largest absolute Gasteiger partial charge is 0.353 e. The fourth-order valence-electron chi connectivity index (χ4n) is 6.99. The summed E-state index contributed by atoms with van der Waals surface area (Å²) in [7, 11) is 2.10. The maximum atomic E-state index is 14.1. The molecule has 0 N–H and O–H groups in total. The van der Waals surface area contributed by atoms with Gasteiger partial charge in [0.25, 0.3) is 0 Å². The molecular formula is C33H48BrFN8O4. The molecule has 2 atom stereocenters. The number of aryl methyl sites for hydroxylation is 2. The second-order valence-electron chi connectivity index (χ2n) is 12.4. The molecule has 258 valence electrons. The zero-order valence-corrected chi connectivity index (χ0v) is 29.8. The summed E-state index contributed by atoms with van der Waals surface area (Å²) in [4.78, 5) is 60.8. The molecule has 1 aromatic carbocycles. The fourth-order valence-corrected chi connectivity index (χ4v) is 7.24. The molecule has 4 heterocycles. The molecule has 12 nitrogen and oxygen atoms in total. The fraction of sp³-hybridized carbons (Fsp3) is 0.636. The summed E-state index contributed by atoms with van der Waals surface area (Å²) >= 11 is 3.26. The average molecular weight is 720 g/mol. The molecule has 0 amide bonds. The van der Waals surface area contributed by atoms with Crippen LogP contribution in [0.2, 0.25) is 0 Å². The molecular weight excluding hydrogens is 671 g/mol. The maximum Gasteiger partial charge on any atom is 0.353 e. The van der Waals surface area contributed by atoms with Gasteiger partial charge in [0, 0.05) is 68.3 Å². The van der Waals surface area contributed by atoms with Crippen LogP contribution in [0.15, 0.2) is 43.4 Å². The number of halogens is 2. The van der Waals surface area contributed by atoms with Gasteiger partial charge < -0.3 is 0 Å². The quantitative estimate of drug-likeness (QED) is 0.263. The van der Waals surface area contributed by atoms with Crippen molar-refractivity contribution in [1.29, 1.82) is 0 Å². The number of hydrogen-bond acceptors (Lipinski definition) is 8. The summed E-state index contributed by atoms with van der Waals surface area (Å²) in [6.07, 6.45) is 6.02. The Morgan fingerprint density at radius 3 is 1.81 bits per heavy atom. The molecule has 2 unspecified atom stereocenters. The van der Waals surface area contributed by atoms with Gasteiger partial charge >= 0.3 is 22.8 Å². The topological polar surface area (TPSA) is 120 Å². The van der Waals surface area contributed by atoms with Crippen LogP contribution < -0.4 is 22.8 Å². The van der Waals surface area contributed by atoms with E-state index >= 15 is 0 Å². The molecule has 2 bridgehead atoms. The number of rotatable bonds is 12. The van der Waals surface area contributed by atoms with Crippen LogP contribution in [0.1, 0.15) is 69.6 Å². The summed E-state index contributed by atoms with van der Waals surface area (Å²) in [6.45, 7) is 10.5. The first-order chi connectivity index (χ1) is 22.5. The average Bonchev–Trinajstić information content (AvgIpc) is 3.25. The summed E-state index contributed by atoms with van der Waals surface area (Å²) in [5, 5.41) is 0.763. The van der Waals surface area contributed by atoms with Gasteiger partial charge in [0.2, 0.25) is 0 Å². The standard InChI is InChI=1S/C24H34FN5O2.C9H14BrN3O2/c1-4-28-17(2)26-23(31)30(24(28)32)13-7-12-29-19-10-11-20(29)15-21(14-19)27(3)16-18-8-5-6-9-22(18)25;1-3-12-7(2)11-8(14)13(9(12)15)6-4-5-10/h5-6,8-9,19-21H,4,7,10-16H2,1-3H3;3-6H2,1-2H3. The molecule has 14 heteroatoms. The van der Waals surface area contributed by atoms with Crippen molar-refractivity contribution in [2.45, 2.75) is 117 Å². The van der Waals surface area contributed by atoms with Crippen LogP contribution in [0, 0.1) is 19.7 Å². The van der Waals surface area contributed by atoms with Gasteiger partial charge in [-0.15, -0.1) is 0 Å². The lowest BCUT2D eigenvalue weighted by Crippen LogP contribution is -2.50. The zero-order valence-electron chi connectivity index (χ0n) is 28.2. The van der Waals surface area contributed by atoms with E-state index in [0.29, 0.717) is 62.5 Å². The number of piperidine rings is 1. The van der Waals surface area contributed by atoms with Crippen LogP contribution in [-0.4, -0.2) is 75.1 Å². The van der Waals surface area contributed by atoms with Crippen LogP contribution >= 0.6 is 15.9 Å². The van der Waals surface area contributed by atoms with E-state index in [0.717, 1.165) is 43.1 Å². The summed E-state index contributed by atoms with van der Waals surface area (Å²) in [5.74, 6) is 0.809. The van der Waals surface area contributed by atoms with Gasteiger partial charge in [-0.25, -0.2) is 32.7 Å². The van der Waals surface area contributed by atoms with Gasteiger partial charge in [-0.05, 0) is 79.3 Å². The van der Waals surface area contributed by atoms with E-state index in [9.17, 15) is 23.6 Å². The highest BCUT2D eigenvalue weighted by atomic mass is 79.9. The molecule has 3 aromatic rings. The van der Waals surface area contributed by atoms with Gasteiger partial charge in [0.05, 0.1) is 0 Å². The number of nitrogens with zero attached hydrogens (tertiary/aromatic N) is 8. The molecule has 2 aliphatic heterocycles. The second-order valence-corrected chi connectivity index (χ2v) is 13.2. The number of fused-ring (bicyclic) bond motifs is 2. The number of benzene rings is 1. The number of hydrogen-bond donors (Lipinski definition) is 0. The van der Waals surface area contributed by atoms with Crippen LogP contribution in [-0.2, 0) is 32.7 Å². The molecule has 0 spiro atoms. The van der Waals surface area contributed by atoms with Crippen LogP contribution in [0.5, 0.6) is 0 Å². The molecule has 5 rings (SSSR count). The molecule has 47 heavy (non-hydrogen) atoms. The van der Waals surface area contributed by atoms with Crippen LogP contribution in [0.25, 0.3) is 0 Å². The van der Waals surface area contributed by atoms with E-state index in [1.54, 1.807) is 24.5 Å². The van der Waals surface area contributed by atoms with Crippen LogP contribution in [0.3, 0.4) is 0 Å². The third kappa shape index (κ3) is 8.63. The third-order valence-corrected chi connectivity index (χ3v) is 10.0. The zero-order chi connectivity index (χ0) is 34.2. The molecule has 0 saturated carbocycles. The van der Waals surface area contributed by atoms with Crippen LogP contribution in [0.4, 0.5) is 4.39 Å². The van der Waals surface area contributed by atoms with Crippen molar-refractivity contribution in [2.24, 2.45) is 0 Å². The van der Waals surface area contributed by atoms with Crippen molar-refractivity contribution in [2.75, 3.05) is 18.9 Å². The Balaban J connectivity index is 0.000000280. The minimum absolute atomic E-state index is 0.136. The summed E-state index contributed by atoms with van der Waals surface area (Å²) in [5.41, 5.74) is -0.686. The van der Waals surface area contributed by atoms with Crippen molar-refractivity contribution < 1.29 is 4.39 Å². The maximum absolute atomic E-state index is 14.1. The smallest absolute Gasteiger partial charge is 0.299 e. The highest BCUT2D eigenvalue weighted by Crippen LogP contribution is 2.37. The summed E-state index contributed by atoms with van der Waals surface area (Å²) in [6, 6.07) is 8.50. The monoisotopic (exact) mass is 718 g/mol. The Hall–Kier alpha value is -3.23. The molecule has 0 aliphatic carbocycles. The molecule has 2 fully saturated rings. The molecule has 2 aliphatic rings. The molecule has 2 aromatic heterocycles. The van der Waals surface area contributed by atoms with Crippen molar-refractivity contribution in [1.82, 2.24) is 38.0 Å². The number of aromatic nitrogens is 6. The Morgan fingerprint density at radius 2 is 1.32 bits per heavy atom. The lowest BCUT2D eigenvalue weighted by atomic mass is 9.95. The van der Waals surface area contributed by atoms with Crippen molar-refractivity contribution >= 4 is 15.9 Å². The van der Waals surface area contributed by atoms with Crippen molar-refractivity contribution in [3.8, 4) is 0 Å². The predicted octanol–water partition coefficient (Wildman–Crippen LogP) is 2.91. The minimum atomic E-state index is -0.455. The Bertz CT molecular complexity index is 1740. The molecule has 0 radical (unpaired) electrons. The third-order valence-electron chi connectivity index (χ3n) is 9.49. The van der Waals surface area contributed by atoms with Crippen molar-refractivity contribution in [3.63, 3.8) is 0 Å². The SMILES string of the molecule is CCn1c(C)nc(=O)n(CCCBr)c1=O.CCn1c(C)nc(=O)n(CCCN2C3CCC2CC(N(C)Cc2ccccc2F)C3)c1=O. The van der Waals surface area contributed by atoms with E-state index in [-0.39, 0.29) is 17.2 Å².